The molecule has 0 aromatic heterocycles. The fourth-order valence-electron chi connectivity index (χ4n) is 2.38. The van der Waals surface area contributed by atoms with Gasteiger partial charge in [-0.25, -0.2) is 4.79 Å². The van der Waals surface area contributed by atoms with Crippen molar-refractivity contribution in [2.24, 2.45) is 0 Å². The summed E-state index contributed by atoms with van der Waals surface area (Å²) in [6.45, 7) is 3.67. The third-order valence-electron chi connectivity index (χ3n) is 3.48. The molecule has 1 amide bonds. The number of anilines is 1. The zero-order valence-corrected chi connectivity index (χ0v) is 12.0. The van der Waals surface area contributed by atoms with E-state index in [1.165, 1.54) is 12.0 Å². The fraction of sp³-hybridized carbons (Fsp3) is 0.533. The molecule has 1 aliphatic rings. The molecule has 0 saturated carbocycles. The number of likely N-dealkylation sites (tertiary alicyclic amines) is 1. The van der Waals surface area contributed by atoms with Gasteiger partial charge in [0, 0.05) is 38.9 Å². The van der Waals surface area contributed by atoms with Crippen molar-refractivity contribution in [3.8, 4) is 5.75 Å². The van der Waals surface area contributed by atoms with E-state index in [2.05, 4.69) is 0 Å². The molecule has 0 N–H and O–H groups in total. The lowest BCUT2D eigenvalue weighted by molar-refractivity contribution is 0.142. The van der Waals surface area contributed by atoms with Crippen LogP contribution in [-0.2, 0) is 0 Å². The summed E-state index contributed by atoms with van der Waals surface area (Å²) >= 11 is 0. The van der Waals surface area contributed by atoms with Crippen LogP contribution in [0.15, 0.2) is 18.2 Å². The predicted octanol–water partition coefficient (Wildman–Crippen LogP) is 3.05. The van der Waals surface area contributed by atoms with Crippen molar-refractivity contribution in [3.05, 3.63) is 23.8 Å². The number of aryl methyl sites for hydroxylation is 1. The summed E-state index contributed by atoms with van der Waals surface area (Å²) in [5, 5.41) is 0. The molecule has 2 rings (SSSR count). The third kappa shape index (κ3) is 3.40. The van der Waals surface area contributed by atoms with Crippen molar-refractivity contribution < 1.29 is 9.53 Å². The molecule has 1 fully saturated rings. The van der Waals surface area contributed by atoms with Crippen LogP contribution in [0.2, 0.25) is 0 Å². The first kappa shape index (κ1) is 13.7. The first-order chi connectivity index (χ1) is 9.08. The number of carbonyl (C=O) groups excluding carboxylic acids is 1. The zero-order chi connectivity index (χ0) is 13.8. The predicted molar refractivity (Wildman–Crippen MR) is 77.0 cm³/mol. The molecule has 19 heavy (non-hydrogen) atoms. The van der Waals surface area contributed by atoms with E-state index >= 15 is 0 Å². The Balaban J connectivity index is 2.06. The number of piperidine rings is 1. The number of hydrogen-bond donors (Lipinski definition) is 0. The molecule has 0 atom stereocenters. The Bertz CT molecular complexity index is 451. The van der Waals surface area contributed by atoms with E-state index in [9.17, 15) is 4.79 Å². The van der Waals surface area contributed by atoms with Gasteiger partial charge in [0.25, 0.3) is 0 Å². The van der Waals surface area contributed by atoms with Gasteiger partial charge in [-0.2, -0.15) is 0 Å². The number of nitrogens with zero attached hydrogens (tertiary/aromatic N) is 2. The van der Waals surface area contributed by atoms with E-state index in [4.69, 9.17) is 4.74 Å². The van der Waals surface area contributed by atoms with E-state index in [0.29, 0.717) is 5.75 Å². The van der Waals surface area contributed by atoms with Crippen LogP contribution >= 0.6 is 0 Å². The Morgan fingerprint density at radius 3 is 2.53 bits per heavy atom. The highest BCUT2D eigenvalue weighted by molar-refractivity contribution is 5.71. The highest BCUT2D eigenvalue weighted by Crippen LogP contribution is 2.24. The lowest BCUT2D eigenvalue weighted by Gasteiger charge is -2.26. The highest BCUT2D eigenvalue weighted by Gasteiger charge is 2.18. The number of amides is 1. The molecule has 4 nitrogen and oxygen atoms in total. The average molecular weight is 262 g/mol. The topological polar surface area (TPSA) is 32.8 Å². The van der Waals surface area contributed by atoms with E-state index in [1.54, 1.807) is 4.90 Å². The lowest BCUT2D eigenvalue weighted by atomic mass is 10.1. The van der Waals surface area contributed by atoms with E-state index in [1.807, 2.05) is 44.1 Å². The minimum absolute atomic E-state index is 0.228. The number of rotatable bonds is 2. The van der Waals surface area contributed by atoms with Gasteiger partial charge in [-0.15, -0.1) is 0 Å². The smallest absolute Gasteiger partial charge is 0.410 e. The Morgan fingerprint density at radius 1 is 1.21 bits per heavy atom. The summed E-state index contributed by atoms with van der Waals surface area (Å²) in [6, 6.07) is 5.75. The minimum Gasteiger partial charge on any atom is -0.410 e. The molecule has 0 spiro atoms. The van der Waals surface area contributed by atoms with Crippen LogP contribution < -0.4 is 9.64 Å². The van der Waals surface area contributed by atoms with Crippen LogP contribution in [0.3, 0.4) is 0 Å². The molecule has 1 saturated heterocycles. The van der Waals surface area contributed by atoms with E-state index in [0.717, 1.165) is 31.6 Å². The maximum absolute atomic E-state index is 12.0. The standard InChI is InChI=1S/C15H22N2O2/c1-12-7-8-13(11-14(12)16(2)3)19-15(18)17-9-5-4-6-10-17/h7-8,11H,4-6,9-10H2,1-3H3. The van der Waals surface area contributed by atoms with Gasteiger partial charge in [0.2, 0.25) is 0 Å². The highest BCUT2D eigenvalue weighted by atomic mass is 16.6. The van der Waals surface area contributed by atoms with Crippen molar-refractivity contribution in [2.75, 3.05) is 32.1 Å². The molecule has 1 aromatic carbocycles. The number of benzene rings is 1. The van der Waals surface area contributed by atoms with Gasteiger partial charge < -0.3 is 14.5 Å². The van der Waals surface area contributed by atoms with Crippen molar-refractivity contribution in [1.29, 1.82) is 0 Å². The van der Waals surface area contributed by atoms with Crippen molar-refractivity contribution >= 4 is 11.8 Å². The second-order valence-corrected chi connectivity index (χ2v) is 5.26. The Morgan fingerprint density at radius 2 is 1.89 bits per heavy atom. The van der Waals surface area contributed by atoms with Crippen LogP contribution in [0.25, 0.3) is 0 Å². The van der Waals surface area contributed by atoms with Gasteiger partial charge >= 0.3 is 6.09 Å². The first-order valence-corrected chi connectivity index (χ1v) is 6.82. The summed E-state index contributed by atoms with van der Waals surface area (Å²) in [6.07, 6.45) is 3.13. The summed E-state index contributed by atoms with van der Waals surface area (Å²) < 4.78 is 5.46. The normalized spacial score (nSPS) is 15.2. The van der Waals surface area contributed by atoms with Crippen molar-refractivity contribution in [2.45, 2.75) is 26.2 Å². The molecule has 1 aliphatic heterocycles. The van der Waals surface area contributed by atoms with Crippen LogP contribution in [0.5, 0.6) is 5.75 Å². The summed E-state index contributed by atoms with van der Waals surface area (Å²) in [7, 11) is 3.97. The van der Waals surface area contributed by atoms with Crippen LogP contribution in [0, 0.1) is 6.92 Å². The van der Waals surface area contributed by atoms with Gasteiger partial charge in [-0.05, 0) is 37.8 Å². The summed E-state index contributed by atoms with van der Waals surface area (Å²) in [4.78, 5) is 15.8. The molecule has 4 heteroatoms. The molecule has 0 unspecified atom stereocenters. The van der Waals surface area contributed by atoms with Gasteiger partial charge in [0.05, 0.1) is 0 Å². The molecular formula is C15H22N2O2. The molecular weight excluding hydrogens is 240 g/mol. The minimum atomic E-state index is -0.228. The maximum atomic E-state index is 12.0. The van der Waals surface area contributed by atoms with Gasteiger partial charge in [-0.3, -0.25) is 0 Å². The van der Waals surface area contributed by atoms with Crippen LogP contribution in [0.4, 0.5) is 10.5 Å². The number of carbonyl (C=O) groups is 1. The van der Waals surface area contributed by atoms with Gasteiger partial charge in [0.1, 0.15) is 5.75 Å². The summed E-state index contributed by atoms with van der Waals surface area (Å²) in [5.41, 5.74) is 2.24. The number of ether oxygens (including phenoxy) is 1. The Hall–Kier alpha value is -1.71. The molecule has 0 bridgehead atoms. The van der Waals surface area contributed by atoms with Gasteiger partial charge in [0.15, 0.2) is 0 Å². The van der Waals surface area contributed by atoms with E-state index < -0.39 is 0 Å². The first-order valence-electron chi connectivity index (χ1n) is 6.82. The van der Waals surface area contributed by atoms with Crippen molar-refractivity contribution in [3.63, 3.8) is 0 Å². The van der Waals surface area contributed by atoms with Crippen molar-refractivity contribution in [1.82, 2.24) is 4.90 Å². The lowest BCUT2D eigenvalue weighted by Crippen LogP contribution is -2.37. The molecule has 1 aromatic rings. The average Bonchev–Trinajstić information content (AvgIpc) is 2.41. The molecule has 0 aliphatic carbocycles. The maximum Gasteiger partial charge on any atom is 0.415 e. The van der Waals surface area contributed by atoms with Crippen LogP contribution in [-0.4, -0.2) is 38.2 Å². The Kier molecular flexibility index (Phi) is 4.30. The van der Waals surface area contributed by atoms with E-state index in [-0.39, 0.29) is 6.09 Å². The molecule has 0 radical (unpaired) electrons. The summed E-state index contributed by atoms with van der Waals surface area (Å²) in [5.74, 6) is 0.616. The molecule has 1 heterocycles. The fourth-order valence-corrected chi connectivity index (χ4v) is 2.38. The Labute approximate surface area is 115 Å². The third-order valence-corrected chi connectivity index (χ3v) is 3.48. The monoisotopic (exact) mass is 262 g/mol. The second kappa shape index (κ2) is 5.95. The SMILES string of the molecule is Cc1ccc(OC(=O)N2CCCCC2)cc1N(C)C. The van der Waals surface area contributed by atoms with Crippen LogP contribution in [0.1, 0.15) is 24.8 Å². The van der Waals surface area contributed by atoms with Gasteiger partial charge in [-0.1, -0.05) is 6.07 Å². The second-order valence-electron chi connectivity index (χ2n) is 5.26. The largest absolute Gasteiger partial charge is 0.415 e. The quantitative estimate of drug-likeness (QED) is 0.821. The zero-order valence-electron chi connectivity index (χ0n) is 12.0. The number of hydrogen-bond acceptors (Lipinski definition) is 3. The molecule has 104 valence electrons.